The number of aryl methyl sites for hydroxylation is 1. The van der Waals surface area contributed by atoms with Crippen LogP contribution in [0.25, 0.3) is 44.7 Å². The summed E-state index contributed by atoms with van der Waals surface area (Å²) in [5, 5.41) is 10.6. The van der Waals surface area contributed by atoms with E-state index in [0.29, 0.717) is 5.56 Å². The summed E-state index contributed by atoms with van der Waals surface area (Å²) >= 11 is 0. The molecule has 0 amide bonds. The number of hydrogen-bond donors (Lipinski definition) is 1. The van der Waals surface area contributed by atoms with Gasteiger partial charge in [0.25, 0.3) is 0 Å². The molecule has 0 atom stereocenters. The molecule has 0 bridgehead atoms. The molecule has 1 N–H and O–H groups in total. The van der Waals surface area contributed by atoms with E-state index in [1.165, 1.54) is 22.3 Å². The van der Waals surface area contributed by atoms with Crippen LogP contribution in [0.2, 0.25) is 0 Å². The molecule has 5 aromatic carbocycles. The minimum atomic E-state index is -0.566. The molecular weight excluding hydrogens is 514 g/mol. The van der Waals surface area contributed by atoms with Gasteiger partial charge in [-0.25, -0.2) is 4.98 Å². The van der Waals surface area contributed by atoms with E-state index >= 15 is 0 Å². The van der Waals surface area contributed by atoms with Crippen molar-refractivity contribution in [1.29, 1.82) is 0 Å². The van der Waals surface area contributed by atoms with Crippen LogP contribution in [-0.4, -0.2) is 19.6 Å². The van der Waals surface area contributed by atoms with Crippen LogP contribution >= 0.6 is 0 Å². The largest absolute Gasteiger partial charge is 0.507 e. The molecule has 42 heavy (non-hydrogen) atoms. The van der Waals surface area contributed by atoms with Crippen LogP contribution in [0.15, 0.2) is 140 Å². The number of aromatic hydroxyl groups is 1. The zero-order valence-electron chi connectivity index (χ0n) is 23.1. The Morgan fingerprint density at radius 2 is 1.26 bits per heavy atom. The molecule has 0 unspecified atom stereocenters. The van der Waals surface area contributed by atoms with E-state index in [0.717, 1.165) is 39.2 Å². The Labute approximate surface area is 244 Å². The number of hydrogen-bond acceptors (Lipinski definition) is 3. The third-order valence-corrected chi connectivity index (χ3v) is 8.66. The summed E-state index contributed by atoms with van der Waals surface area (Å²) in [5.41, 5.74) is 11.3. The number of nitrogens with zero attached hydrogens (tertiary/aromatic N) is 3. The van der Waals surface area contributed by atoms with Crippen molar-refractivity contribution in [3.63, 3.8) is 0 Å². The normalized spacial score (nSPS) is 13.2. The average Bonchev–Trinajstić information content (AvgIpc) is 3.54. The summed E-state index contributed by atoms with van der Waals surface area (Å²) in [6.07, 6.45) is 1.89. The average molecular weight is 542 g/mol. The topological polar surface area (TPSA) is 50.9 Å². The van der Waals surface area contributed by atoms with E-state index in [1.54, 1.807) is 6.07 Å². The van der Waals surface area contributed by atoms with Crippen LogP contribution < -0.4 is 0 Å². The number of para-hydroxylation sites is 2. The van der Waals surface area contributed by atoms with Gasteiger partial charge in [-0.05, 0) is 69.8 Å². The van der Waals surface area contributed by atoms with Crippen molar-refractivity contribution in [2.45, 2.75) is 5.41 Å². The van der Waals surface area contributed by atoms with Gasteiger partial charge in [0, 0.05) is 18.8 Å². The van der Waals surface area contributed by atoms with Crippen molar-refractivity contribution in [3.05, 3.63) is 162 Å². The molecule has 4 nitrogen and oxygen atoms in total. The number of imidazole rings is 1. The second-order valence-electron chi connectivity index (χ2n) is 10.8. The van der Waals surface area contributed by atoms with E-state index in [-0.39, 0.29) is 5.75 Å². The summed E-state index contributed by atoms with van der Waals surface area (Å²) in [5.74, 6) is 0.950. The maximum absolute atomic E-state index is 10.6. The smallest absolute Gasteiger partial charge is 0.144 e. The highest BCUT2D eigenvalue weighted by Gasteiger charge is 2.47. The highest BCUT2D eigenvalue weighted by atomic mass is 16.3. The molecule has 8 rings (SSSR count). The fourth-order valence-electron chi connectivity index (χ4n) is 6.83. The van der Waals surface area contributed by atoms with Crippen molar-refractivity contribution in [1.82, 2.24) is 14.5 Å². The molecule has 0 radical (unpaired) electrons. The molecule has 0 saturated heterocycles. The van der Waals surface area contributed by atoms with Gasteiger partial charge in [-0.3, -0.25) is 4.98 Å². The third-order valence-electron chi connectivity index (χ3n) is 8.66. The van der Waals surface area contributed by atoms with Gasteiger partial charge in [0.1, 0.15) is 11.6 Å². The minimum absolute atomic E-state index is 0.218. The highest BCUT2D eigenvalue weighted by molar-refractivity contribution is 5.95. The lowest BCUT2D eigenvalue weighted by atomic mass is 9.69. The van der Waals surface area contributed by atoms with Crippen LogP contribution in [0.1, 0.15) is 22.4 Å². The lowest BCUT2D eigenvalue weighted by molar-refractivity contribution is 0.476. The lowest BCUT2D eigenvalue weighted by Gasteiger charge is -2.33. The quantitative estimate of drug-likeness (QED) is 0.244. The predicted octanol–water partition coefficient (Wildman–Crippen LogP) is 8.37. The summed E-state index contributed by atoms with van der Waals surface area (Å²) in [4.78, 5) is 10.1. The second kappa shape index (κ2) is 9.28. The lowest BCUT2D eigenvalue weighted by Crippen LogP contribution is -2.29. The van der Waals surface area contributed by atoms with Gasteiger partial charge in [-0.1, -0.05) is 97.1 Å². The van der Waals surface area contributed by atoms with E-state index < -0.39 is 5.41 Å². The number of phenolic OH excluding ortho intramolecular Hbond substituents is 1. The van der Waals surface area contributed by atoms with Gasteiger partial charge >= 0.3 is 0 Å². The van der Waals surface area contributed by atoms with E-state index in [4.69, 9.17) is 9.97 Å². The first-order valence-electron chi connectivity index (χ1n) is 14.1. The van der Waals surface area contributed by atoms with E-state index in [2.05, 4.69) is 108 Å². The Bertz CT molecular complexity index is 2080. The molecule has 4 heteroatoms. The van der Waals surface area contributed by atoms with Gasteiger partial charge < -0.3 is 9.67 Å². The van der Waals surface area contributed by atoms with Gasteiger partial charge in [-0.2, -0.15) is 0 Å². The zero-order valence-corrected chi connectivity index (χ0v) is 23.1. The standard InChI is InChI=1S/C38H27N3O/c1-41-33-20-11-17-27(36(33)40-37(41)30-16-4-7-21-34(30)42)25-12-10-13-26(24-25)38(35-22-8-9-23-39-35)31-18-5-2-14-28(31)29-15-3-6-19-32(29)38/h2-24,42H,1H3. The van der Waals surface area contributed by atoms with E-state index in [1.807, 2.05) is 37.5 Å². The molecule has 7 aromatic rings. The highest BCUT2D eigenvalue weighted by Crippen LogP contribution is 2.55. The third kappa shape index (κ3) is 3.36. The predicted molar refractivity (Wildman–Crippen MR) is 168 cm³/mol. The Morgan fingerprint density at radius 3 is 1.98 bits per heavy atom. The van der Waals surface area contributed by atoms with Crippen LogP contribution in [0, 0.1) is 0 Å². The molecule has 200 valence electrons. The fraction of sp³-hybridized carbons (Fsp3) is 0.0526. The summed E-state index contributed by atoms with van der Waals surface area (Å²) in [6, 6.07) is 46.1. The van der Waals surface area contributed by atoms with Gasteiger partial charge in [0.15, 0.2) is 0 Å². The van der Waals surface area contributed by atoms with Crippen molar-refractivity contribution in [2.75, 3.05) is 0 Å². The SMILES string of the molecule is Cn1c(-c2ccccc2O)nc2c(-c3cccc(C4(c5ccccn5)c5ccccc5-c5ccccc54)c3)cccc21. The molecule has 0 fully saturated rings. The van der Waals surface area contributed by atoms with Crippen LogP contribution in [0.5, 0.6) is 5.75 Å². The van der Waals surface area contributed by atoms with Crippen molar-refractivity contribution in [3.8, 4) is 39.4 Å². The van der Waals surface area contributed by atoms with Crippen LogP contribution in [0.3, 0.4) is 0 Å². The molecule has 1 aliphatic carbocycles. The van der Waals surface area contributed by atoms with Crippen molar-refractivity contribution in [2.24, 2.45) is 7.05 Å². The van der Waals surface area contributed by atoms with E-state index in [9.17, 15) is 5.11 Å². The molecular formula is C38H27N3O. The fourth-order valence-corrected chi connectivity index (χ4v) is 6.83. The first kappa shape index (κ1) is 24.3. The minimum Gasteiger partial charge on any atom is -0.507 e. The first-order valence-corrected chi connectivity index (χ1v) is 14.1. The maximum atomic E-state index is 10.6. The van der Waals surface area contributed by atoms with Gasteiger partial charge in [-0.15, -0.1) is 0 Å². The molecule has 1 aliphatic rings. The molecule has 0 saturated carbocycles. The Balaban J connectivity index is 1.39. The Hall–Kier alpha value is -5.48. The summed E-state index contributed by atoms with van der Waals surface area (Å²) < 4.78 is 2.05. The number of benzene rings is 5. The number of aromatic nitrogens is 3. The van der Waals surface area contributed by atoms with Gasteiger partial charge in [0.05, 0.1) is 27.7 Å². The second-order valence-corrected chi connectivity index (χ2v) is 10.8. The number of rotatable bonds is 4. The molecule has 2 aromatic heterocycles. The van der Waals surface area contributed by atoms with Crippen LogP contribution in [0.4, 0.5) is 0 Å². The van der Waals surface area contributed by atoms with Crippen molar-refractivity contribution >= 4 is 11.0 Å². The number of phenols is 1. The molecule has 0 spiro atoms. The summed E-state index contributed by atoms with van der Waals surface area (Å²) in [7, 11) is 2.00. The maximum Gasteiger partial charge on any atom is 0.144 e. The number of fused-ring (bicyclic) bond motifs is 4. The van der Waals surface area contributed by atoms with Crippen molar-refractivity contribution < 1.29 is 5.11 Å². The molecule has 2 heterocycles. The Morgan fingerprint density at radius 1 is 0.619 bits per heavy atom. The summed E-state index contributed by atoms with van der Waals surface area (Å²) in [6.45, 7) is 0. The Kier molecular flexibility index (Phi) is 5.38. The first-order chi connectivity index (χ1) is 20.7. The van der Waals surface area contributed by atoms with Gasteiger partial charge in [0.2, 0.25) is 0 Å². The zero-order chi connectivity index (χ0) is 28.3. The van der Waals surface area contributed by atoms with Crippen LogP contribution in [-0.2, 0) is 12.5 Å². The number of pyridine rings is 1. The monoisotopic (exact) mass is 541 g/mol. The molecule has 0 aliphatic heterocycles.